The number of nitrogens with zero attached hydrogens (tertiary/aromatic N) is 3. The van der Waals surface area contributed by atoms with Gasteiger partial charge in [0.25, 0.3) is 0 Å². The van der Waals surface area contributed by atoms with Crippen molar-refractivity contribution < 1.29 is 9.63 Å². The van der Waals surface area contributed by atoms with Crippen LogP contribution < -0.4 is 10.4 Å². The number of aryl methyl sites for hydroxylation is 1. The third-order valence-corrected chi connectivity index (χ3v) is 5.73. The lowest BCUT2D eigenvalue weighted by Crippen LogP contribution is -2.39. The van der Waals surface area contributed by atoms with Crippen LogP contribution >= 0.6 is 11.3 Å². The number of amides is 2. The molecular weight excluding hydrogens is 408 g/mol. The van der Waals surface area contributed by atoms with Crippen LogP contribution in [-0.2, 0) is 24.4 Å². The Hall–Kier alpha value is -3.21. The Morgan fingerprint density at radius 2 is 1.94 bits per heavy atom. The van der Waals surface area contributed by atoms with Crippen LogP contribution in [0.1, 0.15) is 41.2 Å². The fourth-order valence-corrected chi connectivity index (χ4v) is 4.37. The minimum atomic E-state index is -0.374. The van der Waals surface area contributed by atoms with Gasteiger partial charge in [-0.1, -0.05) is 56.3 Å². The summed E-state index contributed by atoms with van der Waals surface area (Å²) >= 11 is 1.52. The van der Waals surface area contributed by atoms with Crippen LogP contribution in [-0.4, -0.2) is 11.0 Å². The lowest BCUT2D eigenvalue weighted by atomic mass is 10.1. The second-order valence-electron chi connectivity index (χ2n) is 7.68. The molecule has 1 heterocycles. The zero-order valence-electron chi connectivity index (χ0n) is 18.0. The van der Waals surface area contributed by atoms with E-state index in [-0.39, 0.29) is 12.6 Å². The number of thiazole rings is 1. The first kappa shape index (κ1) is 22.5. The van der Waals surface area contributed by atoms with Gasteiger partial charge in [-0.05, 0) is 36.1 Å². The first-order valence-corrected chi connectivity index (χ1v) is 11.0. The fourth-order valence-electron chi connectivity index (χ4n) is 3.10. The summed E-state index contributed by atoms with van der Waals surface area (Å²) in [5, 5.41) is 11.0. The number of nitriles is 1. The van der Waals surface area contributed by atoms with Gasteiger partial charge >= 0.3 is 6.03 Å². The Bertz CT molecular complexity index is 1060. The summed E-state index contributed by atoms with van der Waals surface area (Å²) in [6.45, 7) is 6.77. The summed E-state index contributed by atoms with van der Waals surface area (Å²) in [6.07, 6.45) is 0.857. The molecule has 0 aliphatic heterocycles. The molecule has 7 heteroatoms. The largest absolute Gasteiger partial charge is 0.346 e. The Morgan fingerprint density at radius 1 is 1.19 bits per heavy atom. The maximum Gasteiger partial charge on any atom is 0.346 e. The van der Waals surface area contributed by atoms with Crippen molar-refractivity contribution in [2.45, 2.75) is 40.3 Å². The second kappa shape index (κ2) is 10.7. The second-order valence-corrected chi connectivity index (χ2v) is 8.74. The van der Waals surface area contributed by atoms with E-state index in [4.69, 9.17) is 4.84 Å². The maximum atomic E-state index is 13.1. The molecule has 0 spiro atoms. The highest BCUT2D eigenvalue weighted by Gasteiger charge is 2.22. The molecule has 6 nitrogen and oxygen atoms in total. The number of benzene rings is 2. The van der Waals surface area contributed by atoms with E-state index in [1.807, 2.05) is 49.4 Å². The van der Waals surface area contributed by atoms with Crippen molar-refractivity contribution in [3.63, 3.8) is 0 Å². The summed E-state index contributed by atoms with van der Waals surface area (Å²) in [5.74, 6) is 0.474. The molecule has 0 unspecified atom stereocenters. The Labute approximate surface area is 187 Å². The van der Waals surface area contributed by atoms with Crippen LogP contribution in [0.3, 0.4) is 0 Å². The van der Waals surface area contributed by atoms with Crippen LogP contribution in [0.2, 0.25) is 0 Å². The van der Waals surface area contributed by atoms with Crippen LogP contribution in [0.25, 0.3) is 0 Å². The van der Waals surface area contributed by atoms with Gasteiger partial charge in [0.05, 0.1) is 35.5 Å². The molecule has 0 saturated carbocycles. The summed E-state index contributed by atoms with van der Waals surface area (Å²) in [7, 11) is 0. The van der Waals surface area contributed by atoms with E-state index in [0.717, 1.165) is 33.3 Å². The molecule has 0 aliphatic carbocycles. The van der Waals surface area contributed by atoms with Gasteiger partial charge in [0.2, 0.25) is 0 Å². The van der Waals surface area contributed by atoms with E-state index in [1.54, 1.807) is 17.0 Å². The predicted octanol–water partition coefficient (Wildman–Crippen LogP) is 5.37. The molecule has 0 radical (unpaired) electrons. The number of nitrogens with one attached hydrogen (secondary N) is 1. The number of carbonyl (C=O) groups is 1. The third kappa shape index (κ3) is 6.38. The van der Waals surface area contributed by atoms with Gasteiger partial charge in [-0.15, -0.1) is 11.3 Å². The number of aromatic nitrogens is 1. The number of urea groups is 1. The van der Waals surface area contributed by atoms with Crippen molar-refractivity contribution in [1.29, 1.82) is 5.26 Å². The van der Waals surface area contributed by atoms with Gasteiger partial charge in [-0.2, -0.15) is 5.26 Å². The molecule has 3 aromatic rings. The van der Waals surface area contributed by atoms with Gasteiger partial charge in [-0.3, -0.25) is 9.74 Å². The van der Waals surface area contributed by atoms with E-state index in [0.29, 0.717) is 18.0 Å². The zero-order chi connectivity index (χ0) is 22.2. The highest BCUT2D eigenvalue weighted by Crippen LogP contribution is 2.31. The lowest BCUT2D eigenvalue weighted by Gasteiger charge is -2.22. The molecule has 0 aliphatic rings. The van der Waals surface area contributed by atoms with Crippen LogP contribution in [0.15, 0.2) is 54.6 Å². The van der Waals surface area contributed by atoms with Crippen molar-refractivity contribution >= 4 is 22.4 Å². The lowest BCUT2D eigenvalue weighted by molar-refractivity contribution is 0.0512. The molecule has 3 rings (SSSR count). The van der Waals surface area contributed by atoms with Crippen molar-refractivity contribution in [2.24, 2.45) is 5.92 Å². The van der Waals surface area contributed by atoms with Crippen molar-refractivity contribution in [3.05, 3.63) is 82.0 Å². The molecule has 0 bridgehead atoms. The number of hydroxylamine groups is 1. The van der Waals surface area contributed by atoms with Gasteiger partial charge in [0.1, 0.15) is 5.00 Å². The molecule has 1 aromatic heterocycles. The normalized spacial score (nSPS) is 10.7. The molecule has 31 heavy (non-hydrogen) atoms. The first-order chi connectivity index (χ1) is 15.0. The summed E-state index contributed by atoms with van der Waals surface area (Å²) in [5.41, 5.74) is 5.73. The smallest absolute Gasteiger partial charge is 0.278 e. The summed E-state index contributed by atoms with van der Waals surface area (Å²) in [4.78, 5) is 24.8. The third-order valence-electron chi connectivity index (χ3n) is 4.53. The number of hydrogen-bond donors (Lipinski definition) is 1. The quantitative estimate of drug-likeness (QED) is 0.484. The number of anilines is 1. The summed E-state index contributed by atoms with van der Waals surface area (Å²) < 4.78 is 0. The highest BCUT2D eigenvalue weighted by molar-refractivity contribution is 7.16. The van der Waals surface area contributed by atoms with Crippen LogP contribution in [0.4, 0.5) is 9.80 Å². The minimum absolute atomic E-state index is 0.268. The van der Waals surface area contributed by atoms with Crippen molar-refractivity contribution in [1.82, 2.24) is 10.5 Å². The highest BCUT2D eigenvalue weighted by atomic mass is 32.1. The fraction of sp³-hybridized carbons (Fsp3) is 0.292. The molecule has 1 N–H and O–H groups in total. The monoisotopic (exact) mass is 434 g/mol. The van der Waals surface area contributed by atoms with E-state index in [9.17, 15) is 10.1 Å². The molecule has 160 valence electrons. The van der Waals surface area contributed by atoms with E-state index in [1.165, 1.54) is 11.3 Å². The molecule has 2 amide bonds. The Morgan fingerprint density at radius 3 is 2.65 bits per heavy atom. The van der Waals surface area contributed by atoms with Gasteiger partial charge in [0.15, 0.2) is 0 Å². The van der Waals surface area contributed by atoms with Crippen molar-refractivity contribution in [2.75, 3.05) is 4.90 Å². The Balaban J connectivity index is 1.80. The number of carbonyl (C=O) groups excluding carboxylic acids is 1. The first-order valence-electron chi connectivity index (χ1n) is 10.1. The topological polar surface area (TPSA) is 78.2 Å². The van der Waals surface area contributed by atoms with Crippen LogP contribution in [0.5, 0.6) is 0 Å². The van der Waals surface area contributed by atoms with Gasteiger partial charge < -0.3 is 0 Å². The number of rotatable bonds is 8. The maximum absolute atomic E-state index is 13.1. The van der Waals surface area contributed by atoms with E-state index >= 15 is 0 Å². The zero-order valence-corrected chi connectivity index (χ0v) is 18.8. The molecule has 0 fully saturated rings. The van der Waals surface area contributed by atoms with Gasteiger partial charge in [-0.25, -0.2) is 15.3 Å². The SMILES string of the molecule is Cc1nc(CC(C)C)sc1N(Cc1cccc(C#N)c1)C(=O)NOCc1ccccc1. The molecule has 0 atom stereocenters. The van der Waals surface area contributed by atoms with Crippen LogP contribution in [0, 0.1) is 24.2 Å². The van der Waals surface area contributed by atoms with Gasteiger partial charge in [0, 0.05) is 6.42 Å². The predicted molar refractivity (Wildman–Crippen MR) is 122 cm³/mol. The number of hydrogen-bond acceptors (Lipinski definition) is 5. The minimum Gasteiger partial charge on any atom is -0.278 e. The molecule has 0 saturated heterocycles. The Kier molecular flexibility index (Phi) is 7.76. The van der Waals surface area contributed by atoms with Crippen molar-refractivity contribution in [3.8, 4) is 6.07 Å². The molecule has 2 aromatic carbocycles. The van der Waals surface area contributed by atoms with E-state index in [2.05, 4.69) is 30.4 Å². The average Bonchev–Trinajstić information content (AvgIpc) is 3.11. The van der Waals surface area contributed by atoms with E-state index < -0.39 is 0 Å². The average molecular weight is 435 g/mol. The summed E-state index contributed by atoms with van der Waals surface area (Å²) in [6, 6.07) is 18.7. The standard InChI is InChI=1S/C24H26N4O2S/c1-17(2)12-22-26-18(3)23(31-22)28(15-21-11-7-10-20(13-21)14-25)24(29)27-30-16-19-8-5-4-6-9-19/h4-11,13,17H,12,15-16H2,1-3H3,(H,27,29). The molecular formula is C24H26N4O2S.